The van der Waals surface area contributed by atoms with E-state index in [1.165, 1.54) is 0 Å². The maximum Gasteiger partial charge on any atom is 0.274 e. The largest absolute Gasteiger partial charge is 0.494 e. The van der Waals surface area contributed by atoms with Crippen molar-refractivity contribution in [2.24, 2.45) is 0 Å². The van der Waals surface area contributed by atoms with Gasteiger partial charge in [0.1, 0.15) is 17.0 Å². The lowest BCUT2D eigenvalue weighted by molar-refractivity contribution is 0.102. The summed E-state index contributed by atoms with van der Waals surface area (Å²) in [6, 6.07) is 18.5. The first kappa shape index (κ1) is 13.1. The van der Waals surface area contributed by atoms with Crippen LogP contribution in [0.5, 0.6) is 5.75 Å². The Balaban J connectivity index is 1.95. The van der Waals surface area contributed by atoms with Gasteiger partial charge in [0, 0.05) is 11.1 Å². The second-order valence-corrected chi connectivity index (χ2v) is 4.55. The number of hydrogen-bond donors (Lipinski definition) is 1. The van der Waals surface area contributed by atoms with E-state index in [0.717, 1.165) is 11.1 Å². The first-order valence-electron chi connectivity index (χ1n) is 6.58. The molecule has 2 aromatic carbocycles. The highest BCUT2D eigenvalue weighted by Crippen LogP contribution is 2.23. The highest BCUT2D eigenvalue weighted by molar-refractivity contribution is 6.04. The number of para-hydroxylation sites is 2. The number of methoxy groups -OCH3 is 1. The molecule has 0 aliphatic heterocycles. The van der Waals surface area contributed by atoms with Crippen molar-refractivity contribution in [1.82, 2.24) is 4.98 Å². The third-order valence-electron chi connectivity index (χ3n) is 3.17. The fraction of sp³-hybridized carbons (Fsp3) is 0.0588. The lowest BCUT2D eigenvalue weighted by atomic mass is 10.2. The first-order valence-corrected chi connectivity index (χ1v) is 6.58. The average Bonchev–Trinajstić information content (AvgIpc) is 2.54. The Morgan fingerprint density at radius 3 is 2.57 bits per heavy atom. The van der Waals surface area contributed by atoms with Gasteiger partial charge in [-0.2, -0.15) is 0 Å². The molecule has 104 valence electrons. The van der Waals surface area contributed by atoms with Crippen LogP contribution in [0.3, 0.4) is 0 Å². The summed E-state index contributed by atoms with van der Waals surface area (Å²) >= 11 is 0. The molecule has 0 unspecified atom stereocenters. The number of hydrogen-bond acceptors (Lipinski definition) is 3. The van der Waals surface area contributed by atoms with E-state index in [1.807, 2.05) is 54.6 Å². The van der Waals surface area contributed by atoms with Crippen LogP contribution in [0.2, 0.25) is 0 Å². The first-order chi connectivity index (χ1) is 10.3. The van der Waals surface area contributed by atoms with Crippen molar-refractivity contribution < 1.29 is 9.53 Å². The van der Waals surface area contributed by atoms with Crippen molar-refractivity contribution in [1.29, 1.82) is 0 Å². The van der Waals surface area contributed by atoms with Crippen molar-refractivity contribution in [3.8, 4) is 5.75 Å². The molecule has 0 saturated carbocycles. The molecule has 0 radical (unpaired) electrons. The molecule has 0 aliphatic rings. The Morgan fingerprint density at radius 1 is 1.00 bits per heavy atom. The minimum Gasteiger partial charge on any atom is -0.494 e. The van der Waals surface area contributed by atoms with Crippen molar-refractivity contribution >= 4 is 22.5 Å². The summed E-state index contributed by atoms with van der Waals surface area (Å²) in [4.78, 5) is 16.6. The topological polar surface area (TPSA) is 51.2 Å². The van der Waals surface area contributed by atoms with Crippen molar-refractivity contribution in [2.75, 3.05) is 12.4 Å². The monoisotopic (exact) mass is 278 g/mol. The molecule has 1 aromatic heterocycles. The number of nitrogens with one attached hydrogen (secondary N) is 1. The highest BCUT2D eigenvalue weighted by Gasteiger charge is 2.10. The third-order valence-corrected chi connectivity index (χ3v) is 3.17. The van der Waals surface area contributed by atoms with E-state index in [1.54, 1.807) is 13.2 Å². The van der Waals surface area contributed by atoms with Crippen LogP contribution in [-0.2, 0) is 0 Å². The number of aromatic nitrogens is 1. The molecule has 4 heteroatoms. The van der Waals surface area contributed by atoms with E-state index in [4.69, 9.17) is 4.74 Å². The van der Waals surface area contributed by atoms with Gasteiger partial charge in [-0.3, -0.25) is 4.79 Å². The highest BCUT2D eigenvalue weighted by atomic mass is 16.5. The summed E-state index contributed by atoms with van der Waals surface area (Å²) in [6.07, 6.45) is 0. The van der Waals surface area contributed by atoms with E-state index >= 15 is 0 Å². The van der Waals surface area contributed by atoms with E-state index in [2.05, 4.69) is 10.3 Å². The molecule has 0 bridgehead atoms. The van der Waals surface area contributed by atoms with Gasteiger partial charge in [-0.05, 0) is 24.3 Å². The zero-order valence-corrected chi connectivity index (χ0v) is 11.5. The van der Waals surface area contributed by atoms with Crippen LogP contribution < -0.4 is 10.1 Å². The predicted octanol–water partition coefficient (Wildman–Crippen LogP) is 3.50. The molecule has 0 saturated heterocycles. The number of amides is 1. The Kier molecular flexibility index (Phi) is 3.51. The van der Waals surface area contributed by atoms with Gasteiger partial charge in [0.2, 0.25) is 0 Å². The van der Waals surface area contributed by atoms with Crippen LogP contribution in [0.25, 0.3) is 10.9 Å². The Labute approximate surface area is 122 Å². The average molecular weight is 278 g/mol. The fourth-order valence-corrected chi connectivity index (χ4v) is 2.13. The van der Waals surface area contributed by atoms with Crippen molar-refractivity contribution in [3.05, 3.63) is 66.4 Å². The maximum atomic E-state index is 12.2. The molecular formula is C17H14N2O2. The number of ether oxygens (including phenoxy) is 1. The quantitative estimate of drug-likeness (QED) is 0.797. The lowest BCUT2D eigenvalue weighted by Gasteiger charge is -2.07. The van der Waals surface area contributed by atoms with Gasteiger partial charge in [-0.25, -0.2) is 4.98 Å². The number of fused-ring (bicyclic) bond motifs is 1. The van der Waals surface area contributed by atoms with Crippen LogP contribution in [0, 0.1) is 0 Å². The normalized spacial score (nSPS) is 10.3. The van der Waals surface area contributed by atoms with Gasteiger partial charge in [0.15, 0.2) is 0 Å². The fourth-order valence-electron chi connectivity index (χ4n) is 2.13. The summed E-state index contributed by atoms with van der Waals surface area (Å²) in [5.74, 6) is 0.413. The third kappa shape index (κ3) is 2.69. The minimum absolute atomic E-state index is 0.242. The minimum atomic E-state index is -0.242. The van der Waals surface area contributed by atoms with Crippen LogP contribution in [0.15, 0.2) is 60.7 Å². The molecule has 3 aromatic rings. The molecule has 0 fully saturated rings. The second-order valence-electron chi connectivity index (χ2n) is 4.55. The summed E-state index contributed by atoms with van der Waals surface area (Å²) in [6.45, 7) is 0. The van der Waals surface area contributed by atoms with Gasteiger partial charge in [-0.15, -0.1) is 0 Å². The zero-order valence-electron chi connectivity index (χ0n) is 11.5. The number of carbonyl (C=O) groups excluding carboxylic acids is 1. The Hall–Kier alpha value is -2.88. The Morgan fingerprint density at radius 2 is 1.81 bits per heavy atom. The van der Waals surface area contributed by atoms with Crippen LogP contribution in [0.4, 0.5) is 5.69 Å². The summed E-state index contributed by atoms with van der Waals surface area (Å²) in [5, 5.41) is 3.75. The van der Waals surface area contributed by atoms with E-state index in [9.17, 15) is 4.79 Å². The molecule has 3 rings (SSSR count). The molecule has 1 N–H and O–H groups in total. The van der Waals surface area contributed by atoms with Crippen LogP contribution in [-0.4, -0.2) is 18.0 Å². The molecule has 0 spiro atoms. The molecule has 0 atom stereocenters. The van der Waals surface area contributed by atoms with E-state index < -0.39 is 0 Å². The van der Waals surface area contributed by atoms with Gasteiger partial charge >= 0.3 is 0 Å². The SMILES string of the molecule is COc1cccc2ccc(C(=O)Nc3ccccc3)nc12. The second kappa shape index (κ2) is 5.63. The van der Waals surface area contributed by atoms with Crippen LogP contribution >= 0.6 is 0 Å². The van der Waals surface area contributed by atoms with Gasteiger partial charge in [0.05, 0.1) is 7.11 Å². The van der Waals surface area contributed by atoms with Crippen molar-refractivity contribution in [3.63, 3.8) is 0 Å². The molecule has 4 nitrogen and oxygen atoms in total. The molecule has 1 heterocycles. The van der Waals surface area contributed by atoms with Gasteiger partial charge in [-0.1, -0.05) is 36.4 Å². The number of nitrogens with zero attached hydrogens (tertiary/aromatic N) is 1. The van der Waals surface area contributed by atoms with E-state index in [-0.39, 0.29) is 5.91 Å². The smallest absolute Gasteiger partial charge is 0.274 e. The summed E-state index contributed by atoms with van der Waals surface area (Å²) < 4.78 is 5.29. The predicted molar refractivity (Wildman–Crippen MR) is 82.7 cm³/mol. The standard InChI is InChI=1S/C17H14N2O2/c1-21-15-9-5-6-12-10-11-14(19-16(12)15)17(20)18-13-7-3-2-4-8-13/h2-11H,1H3,(H,18,20). The molecule has 0 aliphatic carbocycles. The summed E-state index contributed by atoms with van der Waals surface area (Å²) in [7, 11) is 1.59. The maximum absolute atomic E-state index is 12.2. The number of benzene rings is 2. The molecule has 21 heavy (non-hydrogen) atoms. The zero-order chi connectivity index (χ0) is 14.7. The van der Waals surface area contributed by atoms with Crippen molar-refractivity contribution in [2.45, 2.75) is 0 Å². The number of anilines is 1. The van der Waals surface area contributed by atoms with Gasteiger partial charge in [0.25, 0.3) is 5.91 Å². The number of pyridine rings is 1. The van der Waals surface area contributed by atoms with Gasteiger partial charge < -0.3 is 10.1 Å². The van der Waals surface area contributed by atoms with Crippen LogP contribution in [0.1, 0.15) is 10.5 Å². The number of carbonyl (C=O) groups is 1. The molecule has 1 amide bonds. The van der Waals surface area contributed by atoms with E-state index in [0.29, 0.717) is 17.0 Å². The summed E-state index contributed by atoms with van der Waals surface area (Å²) in [5.41, 5.74) is 1.78. The number of rotatable bonds is 3. The Bertz CT molecular complexity index is 785. The molecular weight excluding hydrogens is 264 g/mol. The lowest BCUT2D eigenvalue weighted by Crippen LogP contribution is -2.13.